The zero-order chi connectivity index (χ0) is 9.30. The number of rotatable bonds is 1. The van der Waals surface area contributed by atoms with Crippen molar-refractivity contribution in [3.63, 3.8) is 0 Å². The number of anilines is 1. The maximum absolute atomic E-state index is 13.4. The molecule has 0 amide bonds. The molecule has 0 heterocycles. The first-order valence-electron chi connectivity index (χ1n) is 3.96. The number of benzene rings is 1. The van der Waals surface area contributed by atoms with Crippen LogP contribution in [0.3, 0.4) is 0 Å². The molecule has 0 saturated carbocycles. The van der Waals surface area contributed by atoms with Crippen molar-refractivity contribution in [3.05, 3.63) is 23.5 Å². The zero-order valence-corrected chi connectivity index (χ0v) is 9.98. The van der Waals surface area contributed by atoms with Gasteiger partial charge in [-0.2, -0.15) is 0 Å². The van der Waals surface area contributed by atoms with Crippen molar-refractivity contribution in [1.29, 1.82) is 0 Å². The first-order valence-corrected chi connectivity index (χ1v) is 4.96. The lowest BCUT2D eigenvalue weighted by Crippen LogP contribution is -2.15. The highest BCUT2D eigenvalue weighted by molar-refractivity contribution is 6.32. The van der Waals surface area contributed by atoms with E-state index in [1.54, 1.807) is 0 Å². The van der Waals surface area contributed by atoms with Crippen LogP contribution >= 0.6 is 0 Å². The molecule has 0 aromatic heterocycles. The highest BCUT2D eigenvalue weighted by atomic mass is 28.1. The van der Waals surface area contributed by atoms with Gasteiger partial charge in [0.15, 0.2) is 0 Å². The van der Waals surface area contributed by atoms with Crippen LogP contribution in [0.2, 0.25) is 0 Å². The highest BCUT2D eigenvalue weighted by Gasteiger charge is 2.06. The Kier molecular flexibility index (Phi) is 2.52. The number of hydrogen-bond acceptors (Lipinski definition) is 1. The van der Waals surface area contributed by atoms with Crippen LogP contribution in [0, 0.1) is 12.7 Å². The van der Waals surface area contributed by atoms with Crippen LogP contribution in [0.1, 0.15) is 5.56 Å². The Labute approximate surface area is 75.6 Å². The lowest BCUT2D eigenvalue weighted by Gasteiger charge is -2.15. The Morgan fingerprint density at radius 1 is 1.33 bits per heavy atom. The maximum Gasteiger partial charge on any atom is 0.149 e. The minimum absolute atomic E-state index is 0.0976. The van der Waals surface area contributed by atoms with Gasteiger partial charge in [0.1, 0.15) is 5.82 Å². The molecule has 0 aliphatic rings. The summed E-state index contributed by atoms with van der Waals surface area (Å²) in [7, 11) is 4.69. The van der Waals surface area contributed by atoms with Crippen LogP contribution in [0.15, 0.2) is 12.1 Å². The van der Waals surface area contributed by atoms with Crippen molar-refractivity contribution in [2.45, 2.75) is 6.92 Å². The van der Waals surface area contributed by atoms with Gasteiger partial charge in [0.2, 0.25) is 0 Å². The van der Waals surface area contributed by atoms with E-state index >= 15 is 0 Å². The smallest absolute Gasteiger partial charge is 0.149 e. The van der Waals surface area contributed by atoms with E-state index in [2.05, 4.69) is 0 Å². The SMILES string of the molecule is Cc1cc([SiH3])cc(N(C)C)c1F. The van der Waals surface area contributed by atoms with Crippen molar-refractivity contribution < 1.29 is 4.39 Å². The van der Waals surface area contributed by atoms with E-state index in [0.29, 0.717) is 5.69 Å². The molecule has 0 fully saturated rings. The van der Waals surface area contributed by atoms with Gasteiger partial charge in [-0.15, -0.1) is 0 Å². The van der Waals surface area contributed by atoms with Gasteiger partial charge in [0.05, 0.1) is 5.69 Å². The molecule has 1 aromatic carbocycles. The van der Waals surface area contributed by atoms with Crippen LogP contribution in [-0.2, 0) is 0 Å². The quantitative estimate of drug-likeness (QED) is 0.562. The minimum atomic E-state index is -0.0976. The van der Waals surface area contributed by atoms with E-state index in [0.717, 1.165) is 15.8 Å². The third-order valence-corrected chi connectivity index (χ3v) is 2.44. The predicted molar refractivity (Wildman–Crippen MR) is 55.0 cm³/mol. The molecular weight excluding hydrogens is 169 g/mol. The van der Waals surface area contributed by atoms with Gasteiger partial charge in [-0.25, -0.2) is 4.39 Å². The van der Waals surface area contributed by atoms with E-state index < -0.39 is 0 Å². The molecule has 1 nitrogen and oxygen atoms in total. The second-order valence-electron chi connectivity index (χ2n) is 3.31. The lowest BCUT2D eigenvalue weighted by atomic mass is 10.2. The van der Waals surface area contributed by atoms with Gasteiger partial charge in [-0.1, -0.05) is 11.3 Å². The Morgan fingerprint density at radius 3 is 2.42 bits per heavy atom. The lowest BCUT2D eigenvalue weighted by molar-refractivity contribution is 0.617. The topological polar surface area (TPSA) is 3.24 Å². The first-order chi connectivity index (χ1) is 5.52. The number of aryl methyl sites for hydroxylation is 1. The van der Waals surface area contributed by atoms with Gasteiger partial charge >= 0.3 is 0 Å². The normalized spacial score (nSPS) is 10.3. The van der Waals surface area contributed by atoms with Crippen LogP contribution in [0.5, 0.6) is 0 Å². The predicted octanol–water partition coefficient (Wildman–Crippen LogP) is 0.191. The van der Waals surface area contributed by atoms with Crippen molar-refractivity contribution in [1.82, 2.24) is 0 Å². The van der Waals surface area contributed by atoms with Crippen molar-refractivity contribution in [2.75, 3.05) is 19.0 Å². The average Bonchev–Trinajstić information content (AvgIpc) is 1.96. The molecule has 0 atom stereocenters. The Hall–Kier alpha value is -0.833. The Bertz CT molecular complexity index is 297. The molecule has 12 heavy (non-hydrogen) atoms. The zero-order valence-electron chi connectivity index (χ0n) is 7.98. The van der Waals surface area contributed by atoms with E-state index in [1.165, 1.54) is 5.19 Å². The monoisotopic (exact) mass is 183 g/mol. The summed E-state index contributed by atoms with van der Waals surface area (Å²) < 4.78 is 13.4. The molecular formula is C9H14FNSi. The van der Waals surface area contributed by atoms with Crippen LogP contribution in [0.25, 0.3) is 0 Å². The molecule has 0 aliphatic carbocycles. The number of halogens is 1. The second kappa shape index (κ2) is 3.27. The molecule has 1 rings (SSSR count). The number of nitrogens with zero attached hydrogens (tertiary/aromatic N) is 1. The summed E-state index contributed by atoms with van der Waals surface area (Å²) >= 11 is 0. The fourth-order valence-corrected chi connectivity index (χ4v) is 1.96. The highest BCUT2D eigenvalue weighted by Crippen LogP contribution is 2.17. The molecule has 0 saturated heterocycles. The summed E-state index contributed by atoms with van der Waals surface area (Å²) in [5, 5.41) is 1.23. The molecule has 0 spiro atoms. The van der Waals surface area contributed by atoms with Crippen molar-refractivity contribution in [3.8, 4) is 0 Å². The third kappa shape index (κ3) is 1.66. The first kappa shape index (κ1) is 9.26. The third-order valence-electron chi connectivity index (χ3n) is 1.86. The summed E-state index contributed by atoms with van der Waals surface area (Å²) in [6, 6.07) is 3.82. The molecule has 0 radical (unpaired) electrons. The van der Waals surface area contributed by atoms with E-state index in [1.807, 2.05) is 38.1 Å². The van der Waals surface area contributed by atoms with Gasteiger partial charge in [0.25, 0.3) is 0 Å². The molecule has 0 unspecified atom stereocenters. The maximum atomic E-state index is 13.4. The van der Waals surface area contributed by atoms with Gasteiger partial charge in [-0.05, 0) is 18.6 Å². The van der Waals surface area contributed by atoms with Crippen molar-refractivity contribution >= 4 is 21.1 Å². The summed E-state index contributed by atoms with van der Waals surface area (Å²) in [5.41, 5.74) is 1.44. The molecule has 66 valence electrons. The second-order valence-corrected chi connectivity index (χ2v) is 4.46. The Balaban J connectivity index is 3.28. The fraction of sp³-hybridized carbons (Fsp3) is 0.333. The summed E-state index contributed by atoms with van der Waals surface area (Å²) in [6.45, 7) is 1.81. The summed E-state index contributed by atoms with van der Waals surface area (Å²) in [4.78, 5) is 1.81. The number of hydrogen-bond donors (Lipinski definition) is 0. The summed E-state index contributed by atoms with van der Waals surface area (Å²) in [6.07, 6.45) is 0. The molecule has 3 heteroatoms. The van der Waals surface area contributed by atoms with Gasteiger partial charge in [-0.3, -0.25) is 0 Å². The van der Waals surface area contributed by atoms with Crippen LogP contribution in [-0.4, -0.2) is 24.3 Å². The van der Waals surface area contributed by atoms with Gasteiger partial charge in [0, 0.05) is 24.3 Å². The van der Waals surface area contributed by atoms with Crippen LogP contribution in [0.4, 0.5) is 10.1 Å². The van der Waals surface area contributed by atoms with Crippen LogP contribution < -0.4 is 10.1 Å². The van der Waals surface area contributed by atoms with E-state index in [-0.39, 0.29) is 5.82 Å². The molecule has 0 bridgehead atoms. The van der Waals surface area contributed by atoms with Gasteiger partial charge < -0.3 is 4.90 Å². The molecule has 1 aromatic rings. The standard InChI is InChI=1S/C9H14FNSi/c1-6-4-7(12)5-8(9(6)10)11(2)3/h4-5H,1-3,12H3. The summed E-state index contributed by atoms with van der Waals surface area (Å²) in [5.74, 6) is -0.0976. The molecule has 0 aliphatic heterocycles. The van der Waals surface area contributed by atoms with E-state index in [4.69, 9.17) is 0 Å². The fourth-order valence-electron chi connectivity index (χ4n) is 1.25. The largest absolute Gasteiger partial charge is 0.375 e. The molecule has 0 N–H and O–H groups in total. The van der Waals surface area contributed by atoms with E-state index in [9.17, 15) is 4.39 Å². The Morgan fingerprint density at radius 2 is 1.92 bits per heavy atom. The average molecular weight is 183 g/mol. The van der Waals surface area contributed by atoms with Crippen molar-refractivity contribution in [2.24, 2.45) is 0 Å². The minimum Gasteiger partial charge on any atom is -0.375 e.